The van der Waals surface area contributed by atoms with Gasteiger partial charge in [0, 0.05) is 5.56 Å². The zero-order chi connectivity index (χ0) is 19.1. The fraction of sp³-hybridized carbons (Fsp3) is 0.0455. The van der Waals surface area contributed by atoms with Crippen molar-refractivity contribution >= 4 is 18.1 Å². The summed E-state index contributed by atoms with van der Waals surface area (Å²) in [5.74, 6) is -0.254. The Labute approximate surface area is 157 Å². The van der Waals surface area contributed by atoms with Crippen molar-refractivity contribution in [3.8, 4) is 5.75 Å². The molecule has 27 heavy (non-hydrogen) atoms. The molecule has 3 rings (SSSR count). The number of hydrazone groups is 1. The summed E-state index contributed by atoms with van der Waals surface area (Å²) >= 11 is 0. The number of hydrogen-bond donors (Lipinski definition) is 1. The van der Waals surface area contributed by atoms with Crippen LogP contribution in [0.1, 0.15) is 31.8 Å². The normalized spacial score (nSPS) is 10.6. The largest absolute Gasteiger partial charge is 0.423 e. The van der Waals surface area contributed by atoms with Crippen molar-refractivity contribution in [2.75, 3.05) is 0 Å². The molecule has 0 aliphatic carbocycles. The summed E-state index contributed by atoms with van der Waals surface area (Å²) in [6.07, 6.45) is 1.52. The van der Waals surface area contributed by atoms with E-state index in [0.29, 0.717) is 16.9 Å². The van der Waals surface area contributed by atoms with Crippen LogP contribution in [-0.2, 0) is 0 Å². The fourth-order valence-corrected chi connectivity index (χ4v) is 2.38. The van der Waals surface area contributed by atoms with Gasteiger partial charge in [0.25, 0.3) is 5.91 Å². The van der Waals surface area contributed by atoms with Crippen molar-refractivity contribution < 1.29 is 14.3 Å². The third kappa shape index (κ3) is 5.12. The Kier molecular flexibility index (Phi) is 5.74. The van der Waals surface area contributed by atoms with Crippen LogP contribution >= 0.6 is 0 Å². The molecule has 0 heterocycles. The highest BCUT2D eigenvalue weighted by Crippen LogP contribution is 2.13. The molecule has 3 aromatic carbocycles. The number of nitrogens with zero attached hydrogens (tertiary/aromatic N) is 1. The molecule has 0 saturated carbocycles. The molecule has 0 spiro atoms. The summed E-state index contributed by atoms with van der Waals surface area (Å²) in [7, 11) is 0. The highest BCUT2D eigenvalue weighted by molar-refractivity contribution is 5.95. The number of aryl methyl sites for hydroxylation is 1. The van der Waals surface area contributed by atoms with Gasteiger partial charge in [0.05, 0.1) is 11.8 Å². The van der Waals surface area contributed by atoms with Crippen molar-refractivity contribution in [3.05, 3.63) is 101 Å². The van der Waals surface area contributed by atoms with Crippen LogP contribution in [0, 0.1) is 6.92 Å². The second-order valence-electron chi connectivity index (χ2n) is 5.89. The van der Waals surface area contributed by atoms with Crippen LogP contribution in [0.4, 0.5) is 0 Å². The van der Waals surface area contributed by atoms with E-state index < -0.39 is 5.97 Å². The van der Waals surface area contributed by atoms with E-state index in [4.69, 9.17) is 4.74 Å². The van der Waals surface area contributed by atoms with Crippen molar-refractivity contribution in [1.29, 1.82) is 0 Å². The predicted molar refractivity (Wildman–Crippen MR) is 104 cm³/mol. The Balaban J connectivity index is 1.56. The van der Waals surface area contributed by atoms with Gasteiger partial charge in [-0.2, -0.15) is 5.10 Å². The van der Waals surface area contributed by atoms with Crippen LogP contribution in [0.15, 0.2) is 84.0 Å². The third-order valence-electron chi connectivity index (χ3n) is 3.76. The van der Waals surface area contributed by atoms with Gasteiger partial charge in [0.1, 0.15) is 5.75 Å². The molecular weight excluding hydrogens is 340 g/mol. The average molecular weight is 358 g/mol. The van der Waals surface area contributed by atoms with Crippen LogP contribution in [0.5, 0.6) is 5.75 Å². The van der Waals surface area contributed by atoms with Gasteiger partial charge in [0.15, 0.2) is 0 Å². The van der Waals surface area contributed by atoms with Gasteiger partial charge in [-0.15, -0.1) is 0 Å². The lowest BCUT2D eigenvalue weighted by Crippen LogP contribution is -2.17. The van der Waals surface area contributed by atoms with Crippen molar-refractivity contribution in [2.45, 2.75) is 6.92 Å². The molecule has 1 N–H and O–H groups in total. The zero-order valence-electron chi connectivity index (χ0n) is 14.8. The van der Waals surface area contributed by atoms with Crippen LogP contribution in [0.2, 0.25) is 0 Å². The summed E-state index contributed by atoms with van der Waals surface area (Å²) in [5.41, 5.74) is 5.30. The lowest BCUT2D eigenvalue weighted by molar-refractivity contribution is 0.0734. The molecule has 5 nitrogen and oxygen atoms in total. The second-order valence-corrected chi connectivity index (χ2v) is 5.89. The molecule has 0 aliphatic rings. The van der Waals surface area contributed by atoms with Crippen LogP contribution < -0.4 is 10.2 Å². The van der Waals surface area contributed by atoms with Gasteiger partial charge >= 0.3 is 5.97 Å². The molecule has 0 unspecified atom stereocenters. The Bertz CT molecular complexity index is 964. The van der Waals surface area contributed by atoms with Crippen molar-refractivity contribution in [3.63, 3.8) is 0 Å². The van der Waals surface area contributed by atoms with E-state index in [2.05, 4.69) is 10.5 Å². The van der Waals surface area contributed by atoms with Gasteiger partial charge in [-0.25, -0.2) is 10.2 Å². The lowest BCUT2D eigenvalue weighted by atomic mass is 10.1. The third-order valence-corrected chi connectivity index (χ3v) is 3.76. The zero-order valence-corrected chi connectivity index (χ0v) is 14.8. The van der Waals surface area contributed by atoms with Crippen LogP contribution in [0.3, 0.4) is 0 Å². The van der Waals surface area contributed by atoms with Crippen LogP contribution in [-0.4, -0.2) is 18.1 Å². The molecule has 5 heteroatoms. The van der Waals surface area contributed by atoms with E-state index in [1.54, 1.807) is 60.7 Å². The van der Waals surface area contributed by atoms with E-state index in [1.165, 1.54) is 6.21 Å². The summed E-state index contributed by atoms with van der Waals surface area (Å²) in [5, 5.41) is 3.95. The standard InChI is InChI=1S/C22H18N2O3/c1-16-6-5-9-19(14-16)21(25)24-23-15-17-10-12-20(13-11-17)27-22(26)18-7-3-2-4-8-18/h2-15H,1H3,(H,24,25). The van der Waals surface area contributed by atoms with Crippen molar-refractivity contribution in [2.24, 2.45) is 5.10 Å². The van der Waals surface area contributed by atoms with E-state index in [1.807, 2.05) is 25.1 Å². The number of ether oxygens (including phenoxy) is 1. The first-order valence-electron chi connectivity index (χ1n) is 8.39. The molecule has 0 radical (unpaired) electrons. The Morgan fingerprint density at radius 3 is 2.30 bits per heavy atom. The minimum atomic E-state index is -0.414. The predicted octanol–water partition coefficient (Wildman–Crippen LogP) is 3.98. The average Bonchev–Trinajstić information content (AvgIpc) is 2.70. The molecule has 1 amide bonds. The number of esters is 1. The number of hydrogen-bond acceptors (Lipinski definition) is 4. The molecule has 0 saturated heterocycles. The Morgan fingerprint density at radius 1 is 0.889 bits per heavy atom. The minimum absolute atomic E-state index is 0.275. The molecular formula is C22H18N2O3. The molecule has 0 bridgehead atoms. The maximum absolute atomic E-state index is 12.0. The minimum Gasteiger partial charge on any atom is -0.423 e. The highest BCUT2D eigenvalue weighted by Gasteiger charge is 2.07. The number of carbonyl (C=O) groups is 2. The molecule has 0 aliphatic heterocycles. The molecule has 134 valence electrons. The molecule has 0 fully saturated rings. The Hall–Kier alpha value is -3.73. The number of amides is 1. The van der Waals surface area contributed by atoms with E-state index >= 15 is 0 Å². The quantitative estimate of drug-likeness (QED) is 0.325. The summed E-state index contributed by atoms with van der Waals surface area (Å²) in [6.45, 7) is 1.92. The van der Waals surface area contributed by atoms with Gasteiger partial charge in [0.2, 0.25) is 0 Å². The summed E-state index contributed by atoms with van der Waals surface area (Å²) in [6, 6.07) is 22.9. The Morgan fingerprint density at radius 2 is 1.59 bits per heavy atom. The number of carbonyl (C=O) groups excluding carboxylic acids is 2. The smallest absolute Gasteiger partial charge is 0.343 e. The monoisotopic (exact) mass is 358 g/mol. The first-order valence-corrected chi connectivity index (χ1v) is 8.39. The SMILES string of the molecule is Cc1cccc(C(=O)NN=Cc2ccc(OC(=O)c3ccccc3)cc2)c1. The van der Waals surface area contributed by atoms with E-state index in [0.717, 1.165) is 11.1 Å². The lowest BCUT2D eigenvalue weighted by Gasteiger charge is -2.04. The number of rotatable bonds is 5. The highest BCUT2D eigenvalue weighted by atomic mass is 16.5. The number of benzene rings is 3. The topological polar surface area (TPSA) is 67.8 Å². The molecule has 3 aromatic rings. The molecule has 0 aromatic heterocycles. The van der Waals surface area contributed by atoms with Gasteiger partial charge in [-0.1, -0.05) is 35.9 Å². The van der Waals surface area contributed by atoms with Gasteiger partial charge < -0.3 is 4.74 Å². The first kappa shape index (κ1) is 18.1. The van der Waals surface area contributed by atoms with E-state index in [9.17, 15) is 9.59 Å². The fourth-order valence-electron chi connectivity index (χ4n) is 2.38. The van der Waals surface area contributed by atoms with Crippen LogP contribution in [0.25, 0.3) is 0 Å². The van der Waals surface area contributed by atoms with Gasteiger partial charge in [-0.05, 0) is 61.0 Å². The van der Waals surface area contributed by atoms with Crippen molar-refractivity contribution in [1.82, 2.24) is 5.43 Å². The summed E-state index contributed by atoms with van der Waals surface area (Å²) < 4.78 is 5.31. The van der Waals surface area contributed by atoms with E-state index in [-0.39, 0.29) is 5.91 Å². The number of nitrogens with one attached hydrogen (secondary N) is 1. The molecule has 0 atom stereocenters. The maximum Gasteiger partial charge on any atom is 0.343 e. The first-order chi connectivity index (χ1) is 13.1. The van der Waals surface area contributed by atoms with Gasteiger partial charge in [-0.3, -0.25) is 4.79 Å². The maximum atomic E-state index is 12.0. The summed E-state index contributed by atoms with van der Waals surface area (Å²) in [4.78, 5) is 24.0. The second kappa shape index (κ2) is 8.58.